The van der Waals surface area contributed by atoms with Crippen molar-refractivity contribution in [1.29, 1.82) is 0 Å². The van der Waals surface area contributed by atoms with Crippen LogP contribution in [0.4, 0.5) is 10.1 Å². The van der Waals surface area contributed by atoms with Gasteiger partial charge in [0.2, 0.25) is 15.7 Å². The minimum Gasteiger partial charge on any atom is -0.462 e. The Bertz CT molecular complexity index is 1340. The van der Waals surface area contributed by atoms with Gasteiger partial charge in [0.1, 0.15) is 12.4 Å². The lowest BCUT2D eigenvalue weighted by atomic mass is 10.2. The molecule has 0 bridgehead atoms. The fraction of sp³-hybridized carbons (Fsp3) is 0.143. The maximum absolute atomic E-state index is 13.4. The Balaban J connectivity index is 1.81. The molecule has 0 saturated carbocycles. The molecule has 9 nitrogen and oxygen atoms in total. The van der Waals surface area contributed by atoms with Gasteiger partial charge in [0, 0.05) is 11.8 Å². The first kappa shape index (κ1) is 22.8. The van der Waals surface area contributed by atoms with Gasteiger partial charge in [-0.3, -0.25) is 9.59 Å². The number of sulfone groups is 1. The van der Waals surface area contributed by atoms with Crippen LogP contribution in [0.25, 0.3) is 0 Å². The quantitative estimate of drug-likeness (QED) is 0.536. The predicted octanol–water partition coefficient (Wildman–Crippen LogP) is 2.03. The summed E-state index contributed by atoms with van der Waals surface area (Å²) < 4.78 is 44.4. The second-order valence-corrected chi connectivity index (χ2v) is 8.37. The molecule has 11 heteroatoms. The molecule has 0 aliphatic heterocycles. The molecule has 0 fully saturated rings. The van der Waals surface area contributed by atoms with Crippen LogP contribution in [0.5, 0.6) is 0 Å². The zero-order valence-electron chi connectivity index (χ0n) is 16.8. The van der Waals surface area contributed by atoms with Crippen molar-refractivity contribution in [2.24, 2.45) is 0 Å². The van der Waals surface area contributed by atoms with Gasteiger partial charge in [-0.25, -0.2) is 22.3 Å². The Hall–Kier alpha value is -3.86. The summed E-state index contributed by atoms with van der Waals surface area (Å²) in [6.07, 6.45) is 0. The van der Waals surface area contributed by atoms with Crippen molar-refractivity contribution >= 4 is 27.4 Å². The van der Waals surface area contributed by atoms with E-state index >= 15 is 0 Å². The molecule has 0 saturated heterocycles. The lowest BCUT2D eigenvalue weighted by molar-refractivity contribution is -0.117. The molecule has 3 rings (SSSR count). The van der Waals surface area contributed by atoms with E-state index in [1.54, 1.807) is 13.0 Å². The summed E-state index contributed by atoms with van der Waals surface area (Å²) in [4.78, 5) is 36.0. The van der Waals surface area contributed by atoms with Crippen LogP contribution in [-0.2, 0) is 25.9 Å². The Labute approximate surface area is 182 Å². The van der Waals surface area contributed by atoms with Crippen molar-refractivity contribution in [3.8, 4) is 0 Å². The van der Waals surface area contributed by atoms with Gasteiger partial charge in [-0.2, -0.15) is 5.10 Å². The van der Waals surface area contributed by atoms with Crippen LogP contribution in [0.2, 0.25) is 0 Å². The highest BCUT2D eigenvalue weighted by atomic mass is 32.2. The fourth-order valence-corrected chi connectivity index (χ4v) is 3.94. The zero-order valence-corrected chi connectivity index (χ0v) is 17.6. The molecular weight excluding hydrogens is 441 g/mol. The molecule has 0 aliphatic carbocycles. The smallest absolute Gasteiger partial charge is 0.338 e. The fourth-order valence-electron chi connectivity index (χ4n) is 2.72. The SMILES string of the molecule is CCOC(=O)c1cccc(NC(=O)Cn2nc(S(=O)(=O)c3cccc(F)c3)ccc2=O)c1. The third-order valence-corrected chi connectivity index (χ3v) is 5.82. The number of amides is 1. The zero-order chi connectivity index (χ0) is 23.3. The van der Waals surface area contributed by atoms with Crippen molar-refractivity contribution in [2.45, 2.75) is 23.4 Å². The number of aromatic nitrogens is 2. The van der Waals surface area contributed by atoms with Gasteiger partial charge in [0.25, 0.3) is 5.56 Å². The molecule has 32 heavy (non-hydrogen) atoms. The molecule has 1 aromatic heterocycles. The highest BCUT2D eigenvalue weighted by molar-refractivity contribution is 7.91. The minimum absolute atomic E-state index is 0.193. The second kappa shape index (κ2) is 9.52. The van der Waals surface area contributed by atoms with Gasteiger partial charge >= 0.3 is 5.97 Å². The normalized spacial score (nSPS) is 11.1. The summed E-state index contributed by atoms with van der Waals surface area (Å²) in [5.74, 6) is -1.98. The Morgan fingerprint density at radius 2 is 1.84 bits per heavy atom. The van der Waals surface area contributed by atoms with Gasteiger partial charge in [-0.1, -0.05) is 12.1 Å². The molecule has 3 aromatic rings. The summed E-state index contributed by atoms with van der Waals surface area (Å²) in [7, 11) is -4.21. The third-order valence-electron chi connectivity index (χ3n) is 4.17. The monoisotopic (exact) mass is 459 g/mol. The Morgan fingerprint density at radius 3 is 2.56 bits per heavy atom. The van der Waals surface area contributed by atoms with Crippen molar-refractivity contribution < 1.29 is 27.1 Å². The molecule has 1 heterocycles. The standard InChI is InChI=1S/C21H18FN3O6S/c1-2-31-21(28)14-5-3-7-16(11-14)23-18(26)13-25-20(27)10-9-19(24-25)32(29,30)17-8-4-6-15(22)12-17/h3-12H,2,13H2,1H3,(H,23,26). The Morgan fingerprint density at radius 1 is 1.09 bits per heavy atom. The molecule has 1 N–H and O–H groups in total. The molecule has 166 valence electrons. The highest BCUT2D eigenvalue weighted by Gasteiger charge is 2.21. The summed E-state index contributed by atoms with van der Waals surface area (Å²) in [6.45, 7) is 1.27. The van der Waals surface area contributed by atoms with Crippen LogP contribution in [0, 0.1) is 5.82 Å². The number of nitrogens with one attached hydrogen (secondary N) is 1. The predicted molar refractivity (Wildman–Crippen MR) is 111 cm³/mol. The Kier molecular flexibility index (Phi) is 6.79. The topological polar surface area (TPSA) is 124 Å². The largest absolute Gasteiger partial charge is 0.462 e. The molecule has 1 amide bonds. The van der Waals surface area contributed by atoms with Crippen LogP contribution >= 0.6 is 0 Å². The molecule has 0 unspecified atom stereocenters. The number of esters is 1. The van der Waals surface area contributed by atoms with E-state index in [1.165, 1.54) is 30.3 Å². The minimum atomic E-state index is -4.21. The number of hydrogen-bond donors (Lipinski definition) is 1. The van der Waals surface area contributed by atoms with E-state index in [9.17, 15) is 27.2 Å². The van der Waals surface area contributed by atoms with Crippen LogP contribution < -0.4 is 10.9 Å². The molecule has 0 radical (unpaired) electrons. The van der Waals surface area contributed by atoms with E-state index in [2.05, 4.69) is 10.4 Å². The van der Waals surface area contributed by atoms with Gasteiger partial charge in [0.15, 0.2) is 5.03 Å². The van der Waals surface area contributed by atoms with E-state index < -0.39 is 44.7 Å². The lowest BCUT2D eigenvalue weighted by Crippen LogP contribution is -2.30. The average Bonchev–Trinajstić information content (AvgIpc) is 2.75. The van der Waals surface area contributed by atoms with Crippen molar-refractivity contribution in [2.75, 3.05) is 11.9 Å². The van der Waals surface area contributed by atoms with E-state index in [-0.39, 0.29) is 22.8 Å². The summed E-state index contributed by atoms with van der Waals surface area (Å²) in [5.41, 5.74) is -0.209. The molecular formula is C21H18FN3O6S. The van der Waals surface area contributed by atoms with Crippen molar-refractivity contribution in [1.82, 2.24) is 9.78 Å². The van der Waals surface area contributed by atoms with E-state index in [0.717, 1.165) is 24.3 Å². The van der Waals surface area contributed by atoms with Gasteiger partial charge < -0.3 is 10.1 Å². The maximum atomic E-state index is 13.4. The van der Waals surface area contributed by atoms with Gasteiger partial charge in [0.05, 0.1) is 17.1 Å². The van der Waals surface area contributed by atoms with Crippen LogP contribution in [0.15, 0.2) is 75.4 Å². The van der Waals surface area contributed by atoms with E-state index in [4.69, 9.17) is 4.74 Å². The van der Waals surface area contributed by atoms with Crippen molar-refractivity contribution in [3.05, 3.63) is 82.4 Å². The van der Waals surface area contributed by atoms with Gasteiger partial charge in [-0.15, -0.1) is 0 Å². The number of carbonyl (C=O) groups is 2. The van der Waals surface area contributed by atoms with Crippen molar-refractivity contribution in [3.63, 3.8) is 0 Å². The second-order valence-electron chi connectivity index (χ2n) is 6.48. The first-order valence-corrected chi connectivity index (χ1v) is 10.8. The maximum Gasteiger partial charge on any atom is 0.338 e. The summed E-state index contributed by atoms with van der Waals surface area (Å²) >= 11 is 0. The van der Waals surface area contributed by atoms with Crippen LogP contribution in [0.1, 0.15) is 17.3 Å². The highest BCUT2D eigenvalue weighted by Crippen LogP contribution is 2.19. The number of hydrogen-bond acceptors (Lipinski definition) is 7. The van der Waals surface area contributed by atoms with E-state index in [0.29, 0.717) is 4.68 Å². The molecule has 0 aliphatic rings. The first-order chi connectivity index (χ1) is 15.2. The average molecular weight is 459 g/mol. The molecule has 0 atom stereocenters. The number of nitrogens with zero attached hydrogens (tertiary/aromatic N) is 2. The first-order valence-electron chi connectivity index (χ1n) is 9.36. The van der Waals surface area contributed by atoms with E-state index in [1.807, 2.05) is 0 Å². The number of anilines is 1. The number of rotatable bonds is 7. The van der Waals surface area contributed by atoms with Gasteiger partial charge in [-0.05, 0) is 49.4 Å². The van der Waals surface area contributed by atoms with Crippen LogP contribution in [-0.4, -0.2) is 36.7 Å². The molecule has 0 spiro atoms. The molecule has 2 aromatic carbocycles. The third kappa shape index (κ3) is 5.24. The number of halogens is 1. The van der Waals surface area contributed by atoms with Crippen LogP contribution in [0.3, 0.4) is 0 Å². The number of carbonyl (C=O) groups excluding carboxylic acids is 2. The summed E-state index contributed by atoms with van der Waals surface area (Å²) in [5, 5.41) is 5.75. The summed E-state index contributed by atoms with van der Waals surface area (Å²) in [6, 6.07) is 12.3. The lowest BCUT2D eigenvalue weighted by Gasteiger charge is -2.10. The number of ether oxygens (including phenoxy) is 1. The number of benzene rings is 2.